The zero-order chi connectivity index (χ0) is 23.5. The van der Waals surface area contributed by atoms with Crippen LogP contribution in [0.1, 0.15) is 29.8 Å². The molecule has 0 heterocycles. The molecular weight excluding hydrogens is 523 g/mol. The van der Waals surface area contributed by atoms with Gasteiger partial charge in [0.2, 0.25) is 0 Å². The molecule has 0 saturated heterocycles. The van der Waals surface area contributed by atoms with Gasteiger partial charge in [0.15, 0.2) is 11.5 Å². The topological polar surface area (TPSA) is 97.7 Å². The van der Waals surface area contributed by atoms with Crippen LogP contribution in [-0.4, -0.2) is 31.7 Å². The number of halogens is 1. The Labute approximate surface area is 200 Å². The van der Waals surface area contributed by atoms with Crippen LogP contribution in [0.2, 0.25) is 0 Å². The number of nitrogens with one attached hydrogen (secondary N) is 1. The molecular formula is C24H23IN2O5. The summed E-state index contributed by atoms with van der Waals surface area (Å²) in [7, 11) is 0. The van der Waals surface area contributed by atoms with Gasteiger partial charge in [-0.1, -0.05) is 12.7 Å². The zero-order valence-electron chi connectivity index (χ0n) is 17.8. The largest absolute Gasteiger partial charge is 0.490 e. The van der Waals surface area contributed by atoms with Crippen molar-refractivity contribution in [3.05, 3.63) is 69.3 Å². The lowest BCUT2D eigenvalue weighted by Crippen LogP contribution is -2.13. The number of amides is 1. The van der Waals surface area contributed by atoms with Crippen molar-refractivity contribution in [3.63, 3.8) is 0 Å². The van der Waals surface area contributed by atoms with Gasteiger partial charge in [0.05, 0.1) is 22.3 Å². The number of ether oxygens (including phenoxy) is 3. The molecule has 0 aromatic heterocycles. The first-order chi connectivity index (χ1) is 15.4. The number of benzene rings is 2. The summed E-state index contributed by atoms with van der Waals surface area (Å²) < 4.78 is 17.0. The number of anilines is 1. The van der Waals surface area contributed by atoms with Gasteiger partial charge in [-0.2, -0.15) is 5.26 Å². The molecule has 0 unspecified atom stereocenters. The highest BCUT2D eigenvalue weighted by Crippen LogP contribution is 2.35. The fourth-order valence-corrected chi connectivity index (χ4v) is 3.42. The minimum Gasteiger partial charge on any atom is -0.490 e. The van der Waals surface area contributed by atoms with Crippen LogP contribution in [0.5, 0.6) is 11.5 Å². The van der Waals surface area contributed by atoms with Gasteiger partial charge in [0.25, 0.3) is 5.91 Å². The van der Waals surface area contributed by atoms with Crippen LogP contribution in [0.25, 0.3) is 6.08 Å². The first-order valence-corrected chi connectivity index (χ1v) is 10.9. The zero-order valence-corrected chi connectivity index (χ0v) is 20.0. The first-order valence-electron chi connectivity index (χ1n) is 9.83. The summed E-state index contributed by atoms with van der Waals surface area (Å²) in [5.41, 5.74) is 1.35. The van der Waals surface area contributed by atoms with E-state index < -0.39 is 11.9 Å². The molecule has 1 amide bonds. The van der Waals surface area contributed by atoms with Crippen LogP contribution in [-0.2, 0) is 9.53 Å². The van der Waals surface area contributed by atoms with Gasteiger partial charge in [0, 0.05) is 5.69 Å². The summed E-state index contributed by atoms with van der Waals surface area (Å²) in [6.45, 7) is 8.26. The molecule has 1 N–H and O–H groups in total. The van der Waals surface area contributed by atoms with E-state index >= 15 is 0 Å². The van der Waals surface area contributed by atoms with Crippen LogP contribution in [0.3, 0.4) is 0 Å². The molecule has 0 radical (unpaired) electrons. The fourth-order valence-electron chi connectivity index (χ4n) is 2.63. The Morgan fingerprint density at radius 2 is 1.88 bits per heavy atom. The predicted octanol–water partition coefficient (Wildman–Crippen LogP) is 4.98. The molecule has 0 saturated carbocycles. The standard InChI is InChI=1S/C24H23IN2O5/c1-4-11-32-22-20(25)13-16(14-21(22)30-5-2)12-18(15-26)23(28)27-19-9-7-17(8-10-19)24(29)31-6-3/h4,7-10,12-14H,1,5-6,11H2,2-3H3,(H,27,28)/b18-12+. The second-order valence-corrected chi connectivity index (χ2v) is 7.45. The molecule has 0 fully saturated rings. The lowest BCUT2D eigenvalue weighted by atomic mass is 10.1. The van der Waals surface area contributed by atoms with Crippen LogP contribution >= 0.6 is 22.6 Å². The fraction of sp³-hybridized carbons (Fsp3) is 0.208. The molecule has 32 heavy (non-hydrogen) atoms. The molecule has 0 atom stereocenters. The van der Waals surface area contributed by atoms with Crippen LogP contribution in [0.15, 0.2) is 54.6 Å². The molecule has 8 heteroatoms. The number of rotatable bonds is 10. The monoisotopic (exact) mass is 546 g/mol. The van der Waals surface area contributed by atoms with Crippen molar-refractivity contribution in [2.45, 2.75) is 13.8 Å². The third-order valence-corrected chi connectivity index (χ3v) is 4.81. The molecule has 0 aliphatic rings. The van der Waals surface area contributed by atoms with Crippen molar-refractivity contribution in [1.82, 2.24) is 0 Å². The van der Waals surface area contributed by atoms with Gasteiger partial charge in [0.1, 0.15) is 18.2 Å². The smallest absolute Gasteiger partial charge is 0.338 e. The Morgan fingerprint density at radius 1 is 1.16 bits per heavy atom. The normalized spacial score (nSPS) is 10.6. The quantitative estimate of drug-likeness (QED) is 0.149. The summed E-state index contributed by atoms with van der Waals surface area (Å²) in [6.07, 6.45) is 3.11. The van der Waals surface area contributed by atoms with E-state index in [1.165, 1.54) is 6.08 Å². The van der Waals surface area contributed by atoms with Crippen molar-refractivity contribution in [2.75, 3.05) is 25.1 Å². The Balaban J connectivity index is 2.24. The summed E-state index contributed by atoms with van der Waals surface area (Å²) in [5, 5.41) is 12.2. The number of carbonyl (C=O) groups excluding carboxylic acids is 2. The maximum absolute atomic E-state index is 12.6. The molecule has 7 nitrogen and oxygen atoms in total. The Morgan fingerprint density at radius 3 is 2.47 bits per heavy atom. The highest BCUT2D eigenvalue weighted by molar-refractivity contribution is 14.1. The third kappa shape index (κ3) is 6.85. The Kier molecular flexibility index (Phi) is 9.76. The Bertz CT molecular complexity index is 1060. The second kappa shape index (κ2) is 12.5. The van der Waals surface area contributed by atoms with Gasteiger partial charge in [-0.05, 0) is 84.5 Å². The summed E-state index contributed by atoms with van der Waals surface area (Å²) >= 11 is 2.11. The average molecular weight is 546 g/mol. The first kappa shape index (κ1) is 24.9. The highest BCUT2D eigenvalue weighted by atomic mass is 127. The van der Waals surface area contributed by atoms with E-state index in [2.05, 4.69) is 34.5 Å². The van der Waals surface area contributed by atoms with Gasteiger partial charge >= 0.3 is 5.97 Å². The van der Waals surface area contributed by atoms with E-state index in [9.17, 15) is 14.9 Å². The SMILES string of the molecule is C=CCOc1c(I)cc(/C=C(\C#N)C(=O)Nc2ccc(C(=O)OCC)cc2)cc1OCC. The van der Waals surface area contributed by atoms with Crippen molar-refractivity contribution in [2.24, 2.45) is 0 Å². The van der Waals surface area contributed by atoms with E-state index in [1.54, 1.807) is 49.4 Å². The van der Waals surface area contributed by atoms with Crippen LogP contribution in [0.4, 0.5) is 5.69 Å². The highest BCUT2D eigenvalue weighted by Gasteiger charge is 2.15. The van der Waals surface area contributed by atoms with Crippen molar-refractivity contribution < 1.29 is 23.8 Å². The van der Waals surface area contributed by atoms with E-state index in [0.717, 1.165) is 3.57 Å². The minimum absolute atomic E-state index is 0.0857. The van der Waals surface area contributed by atoms with Gasteiger partial charge in [-0.25, -0.2) is 4.79 Å². The maximum Gasteiger partial charge on any atom is 0.338 e. The van der Waals surface area contributed by atoms with E-state index in [1.807, 2.05) is 13.0 Å². The van der Waals surface area contributed by atoms with Gasteiger partial charge in [-0.15, -0.1) is 0 Å². The summed E-state index contributed by atoms with van der Waals surface area (Å²) in [6, 6.07) is 11.7. The number of hydrogen-bond donors (Lipinski definition) is 1. The maximum atomic E-state index is 12.6. The molecule has 0 aliphatic carbocycles. The lowest BCUT2D eigenvalue weighted by Gasteiger charge is -2.14. The van der Waals surface area contributed by atoms with Crippen molar-refractivity contribution in [1.29, 1.82) is 5.26 Å². The molecule has 0 bridgehead atoms. The third-order valence-electron chi connectivity index (χ3n) is 4.01. The lowest BCUT2D eigenvalue weighted by molar-refractivity contribution is -0.112. The number of esters is 1. The number of carbonyl (C=O) groups is 2. The number of nitriles is 1. The van der Waals surface area contributed by atoms with Gasteiger partial charge < -0.3 is 19.5 Å². The van der Waals surface area contributed by atoms with Crippen molar-refractivity contribution >= 4 is 46.2 Å². The molecule has 2 aromatic rings. The van der Waals surface area contributed by atoms with Gasteiger partial charge in [-0.3, -0.25) is 4.79 Å². The molecule has 0 aliphatic heterocycles. The van der Waals surface area contributed by atoms with E-state index in [4.69, 9.17) is 14.2 Å². The summed E-state index contributed by atoms with van der Waals surface area (Å²) in [5.74, 6) is 0.0773. The molecule has 2 rings (SSSR count). The van der Waals surface area contributed by atoms with E-state index in [0.29, 0.717) is 41.5 Å². The van der Waals surface area contributed by atoms with E-state index in [-0.39, 0.29) is 12.2 Å². The molecule has 0 spiro atoms. The van der Waals surface area contributed by atoms with Crippen molar-refractivity contribution in [3.8, 4) is 17.6 Å². The minimum atomic E-state index is -0.573. The second-order valence-electron chi connectivity index (χ2n) is 6.28. The summed E-state index contributed by atoms with van der Waals surface area (Å²) in [4.78, 5) is 24.3. The molecule has 2 aromatic carbocycles. The van der Waals surface area contributed by atoms with Crippen LogP contribution < -0.4 is 14.8 Å². The Hall–Kier alpha value is -3.32. The average Bonchev–Trinajstić information content (AvgIpc) is 2.77. The predicted molar refractivity (Wildman–Crippen MR) is 131 cm³/mol. The molecule has 166 valence electrons. The van der Waals surface area contributed by atoms with Crippen LogP contribution in [0, 0.1) is 14.9 Å². The number of hydrogen-bond acceptors (Lipinski definition) is 6. The number of nitrogens with zero attached hydrogens (tertiary/aromatic N) is 1.